The molecule has 0 saturated heterocycles. The Hall–Kier alpha value is -2.04. The van der Waals surface area contributed by atoms with Crippen LogP contribution in [0.25, 0.3) is 0 Å². The van der Waals surface area contributed by atoms with Gasteiger partial charge in [-0.1, -0.05) is 42.5 Å². The third-order valence-corrected chi connectivity index (χ3v) is 4.53. The van der Waals surface area contributed by atoms with Crippen LogP contribution >= 0.6 is 0 Å². The average Bonchev–Trinajstić information content (AvgIpc) is 2.59. The van der Waals surface area contributed by atoms with E-state index in [1.165, 1.54) is 11.4 Å². The smallest absolute Gasteiger partial charge is 0.0909 e. The Labute approximate surface area is 138 Å². The van der Waals surface area contributed by atoms with Crippen molar-refractivity contribution < 1.29 is 5.11 Å². The minimum absolute atomic E-state index is 0.0569. The van der Waals surface area contributed by atoms with E-state index in [4.69, 9.17) is 0 Å². The summed E-state index contributed by atoms with van der Waals surface area (Å²) in [4.78, 5) is 4.62. The van der Waals surface area contributed by atoms with Gasteiger partial charge in [-0.05, 0) is 24.7 Å². The first-order valence-electron chi connectivity index (χ1n) is 8.17. The number of likely N-dealkylation sites (N-methyl/N-ethyl adjacent to an activating group) is 2. The Kier molecular flexibility index (Phi) is 4.84. The Morgan fingerprint density at radius 3 is 2.35 bits per heavy atom. The molecular formula is C19H25N3O. The summed E-state index contributed by atoms with van der Waals surface area (Å²) >= 11 is 0. The Bertz CT molecular complexity index is 632. The highest BCUT2D eigenvalue weighted by molar-refractivity contribution is 5.73. The molecule has 4 nitrogen and oxygen atoms in total. The van der Waals surface area contributed by atoms with Gasteiger partial charge in [0.1, 0.15) is 0 Å². The first-order valence-corrected chi connectivity index (χ1v) is 8.17. The summed E-state index contributed by atoms with van der Waals surface area (Å²) in [5.41, 5.74) is 3.55. The number of fused-ring (bicyclic) bond motifs is 1. The van der Waals surface area contributed by atoms with Gasteiger partial charge in [0.15, 0.2) is 0 Å². The van der Waals surface area contributed by atoms with Gasteiger partial charge in [-0.15, -0.1) is 0 Å². The molecule has 2 aromatic carbocycles. The van der Waals surface area contributed by atoms with Crippen molar-refractivity contribution in [1.82, 2.24) is 5.32 Å². The lowest BCUT2D eigenvalue weighted by atomic mass is 9.97. The fourth-order valence-corrected chi connectivity index (χ4v) is 3.40. The topological polar surface area (TPSA) is 38.7 Å². The maximum Gasteiger partial charge on any atom is 0.0909 e. The Balaban J connectivity index is 2.02. The summed E-state index contributed by atoms with van der Waals surface area (Å²) in [5, 5.41) is 13.9. The molecule has 0 radical (unpaired) electrons. The zero-order valence-electron chi connectivity index (χ0n) is 13.8. The average molecular weight is 311 g/mol. The van der Waals surface area contributed by atoms with Crippen LogP contribution in [0.1, 0.15) is 11.6 Å². The van der Waals surface area contributed by atoms with Crippen molar-refractivity contribution in [2.45, 2.75) is 12.1 Å². The monoisotopic (exact) mass is 311 g/mol. The van der Waals surface area contributed by atoms with Gasteiger partial charge in [-0.2, -0.15) is 0 Å². The molecule has 0 bridgehead atoms. The van der Waals surface area contributed by atoms with E-state index in [1.54, 1.807) is 0 Å². The van der Waals surface area contributed by atoms with Crippen LogP contribution in [0.5, 0.6) is 0 Å². The fraction of sp³-hybridized carbons (Fsp3) is 0.368. The van der Waals surface area contributed by atoms with Crippen LogP contribution in [0, 0.1) is 0 Å². The molecular weight excluding hydrogens is 286 g/mol. The second-order valence-corrected chi connectivity index (χ2v) is 6.08. The standard InChI is InChI=1S/C19H25N3O/c1-20-14-18(23)19(15-8-4-3-5-9-15)22-13-12-21(2)16-10-6-7-11-17(16)22/h3-11,18-20,23H,12-14H2,1-2H3/t18-,19-/m0/s1. The van der Waals surface area contributed by atoms with E-state index < -0.39 is 6.10 Å². The molecule has 2 N–H and O–H groups in total. The number of hydrogen-bond acceptors (Lipinski definition) is 4. The largest absolute Gasteiger partial charge is 0.389 e. The third-order valence-electron chi connectivity index (χ3n) is 4.53. The van der Waals surface area contributed by atoms with Gasteiger partial charge in [0, 0.05) is 26.7 Å². The lowest BCUT2D eigenvalue weighted by Gasteiger charge is -2.43. The van der Waals surface area contributed by atoms with E-state index in [1.807, 2.05) is 25.2 Å². The highest BCUT2D eigenvalue weighted by Crippen LogP contribution is 2.38. The molecule has 3 rings (SSSR count). The van der Waals surface area contributed by atoms with Gasteiger partial charge in [-0.25, -0.2) is 0 Å². The number of para-hydroxylation sites is 2. The van der Waals surface area contributed by atoms with Crippen molar-refractivity contribution in [2.24, 2.45) is 0 Å². The van der Waals surface area contributed by atoms with Crippen LogP contribution in [0.15, 0.2) is 54.6 Å². The Morgan fingerprint density at radius 2 is 1.65 bits per heavy atom. The van der Waals surface area contributed by atoms with E-state index in [2.05, 4.69) is 58.6 Å². The van der Waals surface area contributed by atoms with Crippen molar-refractivity contribution in [1.29, 1.82) is 0 Å². The summed E-state index contributed by atoms with van der Waals surface area (Å²) in [6, 6.07) is 18.7. The van der Waals surface area contributed by atoms with E-state index in [0.29, 0.717) is 6.54 Å². The zero-order valence-corrected chi connectivity index (χ0v) is 13.8. The van der Waals surface area contributed by atoms with Gasteiger partial charge < -0.3 is 20.2 Å². The van der Waals surface area contributed by atoms with Crippen molar-refractivity contribution in [3.8, 4) is 0 Å². The first kappa shape index (κ1) is 15.8. The first-order chi connectivity index (χ1) is 11.2. The lowest BCUT2D eigenvalue weighted by Crippen LogP contribution is -2.47. The maximum atomic E-state index is 10.8. The lowest BCUT2D eigenvalue weighted by molar-refractivity contribution is 0.140. The number of rotatable bonds is 5. The second-order valence-electron chi connectivity index (χ2n) is 6.08. The van der Waals surface area contributed by atoms with Gasteiger partial charge in [0.25, 0.3) is 0 Å². The minimum Gasteiger partial charge on any atom is -0.389 e. The van der Waals surface area contributed by atoms with Crippen molar-refractivity contribution in [2.75, 3.05) is 43.5 Å². The number of anilines is 2. The molecule has 2 atom stereocenters. The van der Waals surface area contributed by atoms with Crippen LogP contribution in [0.4, 0.5) is 11.4 Å². The fourth-order valence-electron chi connectivity index (χ4n) is 3.40. The molecule has 0 aliphatic carbocycles. The number of benzene rings is 2. The van der Waals surface area contributed by atoms with Crippen LogP contribution in [-0.4, -0.2) is 44.9 Å². The molecule has 0 amide bonds. The van der Waals surface area contributed by atoms with Gasteiger partial charge in [0.2, 0.25) is 0 Å². The molecule has 1 aliphatic heterocycles. The van der Waals surface area contributed by atoms with Crippen LogP contribution < -0.4 is 15.1 Å². The Morgan fingerprint density at radius 1 is 1.00 bits per heavy atom. The van der Waals surface area contributed by atoms with Crippen molar-refractivity contribution >= 4 is 11.4 Å². The van der Waals surface area contributed by atoms with Crippen molar-refractivity contribution in [3.05, 3.63) is 60.2 Å². The molecule has 1 heterocycles. The molecule has 0 saturated carbocycles. The summed E-state index contributed by atoms with van der Waals surface area (Å²) in [7, 11) is 4.00. The molecule has 2 aromatic rings. The predicted octanol–water partition coefficient (Wildman–Crippen LogP) is 2.26. The SMILES string of the molecule is CNC[C@H](O)[C@H](c1ccccc1)N1CCN(C)c2ccccc21. The number of nitrogens with zero attached hydrogens (tertiary/aromatic N) is 2. The highest BCUT2D eigenvalue weighted by atomic mass is 16.3. The summed E-state index contributed by atoms with van der Waals surface area (Å²) in [6.07, 6.45) is -0.473. The van der Waals surface area contributed by atoms with E-state index >= 15 is 0 Å². The van der Waals surface area contributed by atoms with Crippen LogP contribution in [-0.2, 0) is 0 Å². The van der Waals surface area contributed by atoms with Gasteiger partial charge in [-0.3, -0.25) is 0 Å². The normalized spacial score (nSPS) is 16.8. The molecule has 1 aliphatic rings. The van der Waals surface area contributed by atoms with Crippen LogP contribution in [0.2, 0.25) is 0 Å². The molecule has 4 heteroatoms. The van der Waals surface area contributed by atoms with E-state index in [9.17, 15) is 5.11 Å². The summed E-state index contributed by atoms with van der Waals surface area (Å²) in [5.74, 6) is 0. The quantitative estimate of drug-likeness (QED) is 0.888. The zero-order chi connectivity index (χ0) is 16.2. The van der Waals surface area contributed by atoms with Crippen LogP contribution in [0.3, 0.4) is 0 Å². The van der Waals surface area contributed by atoms with Gasteiger partial charge >= 0.3 is 0 Å². The predicted molar refractivity (Wildman–Crippen MR) is 96.2 cm³/mol. The van der Waals surface area contributed by atoms with Crippen molar-refractivity contribution in [3.63, 3.8) is 0 Å². The molecule has 0 spiro atoms. The molecule has 122 valence electrons. The summed E-state index contributed by atoms with van der Waals surface area (Å²) in [6.45, 7) is 2.41. The summed E-state index contributed by atoms with van der Waals surface area (Å²) < 4.78 is 0. The number of hydrogen-bond donors (Lipinski definition) is 2. The third kappa shape index (κ3) is 3.19. The molecule has 0 unspecified atom stereocenters. The number of aliphatic hydroxyl groups is 1. The van der Waals surface area contributed by atoms with Gasteiger partial charge in [0.05, 0.1) is 23.5 Å². The van der Waals surface area contributed by atoms with E-state index in [0.717, 1.165) is 18.7 Å². The molecule has 0 fully saturated rings. The number of aliphatic hydroxyl groups excluding tert-OH is 1. The highest BCUT2D eigenvalue weighted by Gasteiger charge is 2.31. The molecule has 0 aromatic heterocycles. The van der Waals surface area contributed by atoms with E-state index in [-0.39, 0.29) is 6.04 Å². The maximum absolute atomic E-state index is 10.8. The number of nitrogens with one attached hydrogen (secondary N) is 1. The molecule has 23 heavy (non-hydrogen) atoms. The second kappa shape index (κ2) is 7.02. The minimum atomic E-state index is -0.473.